The van der Waals surface area contributed by atoms with Crippen LogP contribution in [0.5, 0.6) is 0 Å². The van der Waals surface area contributed by atoms with Gasteiger partial charge in [0, 0.05) is 6.54 Å². The van der Waals surface area contributed by atoms with Crippen molar-refractivity contribution in [2.45, 2.75) is 16.7 Å². The Bertz CT molecular complexity index is 730. The van der Waals surface area contributed by atoms with E-state index in [1.807, 2.05) is 0 Å². The number of rotatable bonds is 2. The highest BCUT2D eigenvalue weighted by Crippen LogP contribution is 2.34. The molecule has 19 heavy (non-hydrogen) atoms. The monoisotopic (exact) mass is 325 g/mol. The molecule has 1 aliphatic heterocycles. The van der Waals surface area contributed by atoms with E-state index >= 15 is 0 Å². The van der Waals surface area contributed by atoms with Crippen LogP contribution in [0.15, 0.2) is 21.9 Å². The molecule has 2 rings (SSSR count). The average molecular weight is 326 g/mol. The smallest absolute Gasteiger partial charge is 0.246 e. The summed E-state index contributed by atoms with van der Waals surface area (Å²) in [5, 5.41) is 7.75. The first kappa shape index (κ1) is 14.5. The molecule has 0 saturated heterocycles. The molecule has 0 aromatic heterocycles. The summed E-state index contributed by atoms with van der Waals surface area (Å²) >= 11 is 5.80. The lowest BCUT2D eigenvalue weighted by molar-refractivity contribution is 0.442. The molecular formula is C9H12ClN3O4S2. The van der Waals surface area contributed by atoms with Crippen LogP contribution in [-0.4, -0.2) is 34.4 Å². The predicted molar refractivity (Wildman–Crippen MR) is 70.9 cm³/mol. The molecule has 1 aliphatic rings. The standard InChI is InChI=1S/C9H12ClN3O4S2/c1-2-13-5-12-7-3-6(10)8(18(11,14)15)4-9(7)19(13,16)17/h3-4,12H,2,5H2,1H3,(H2,11,14,15). The highest BCUT2D eigenvalue weighted by molar-refractivity contribution is 7.90. The van der Waals surface area contributed by atoms with Gasteiger partial charge in [0.15, 0.2) is 0 Å². The Morgan fingerprint density at radius 2 is 2.11 bits per heavy atom. The summed E-state index contributed by atoms with van der Waals surface area (Å²) in [6, 6.07) is 2.23. The van der Waals surface area contributed by atoms with Crippen molar-refractivity contribution in [1.29, 1.82) is 0 Å². The van der Waals surface area contributed by atoms with Crippen molar-refractivity contribution < 1.29 is 16.8 Å². The van der Waals surface area contributed by atoms with Crippen LogP contribution in [0.25, 0.3) is 0 Å². The average Bonchev–Trinajstić information content (AvgIpc) is 2.26. The van der Waals surface area contributed by atoms with Crippen molar-refractivity contribution in [3.05, 3.63) is 17.2 Å². The minimum absolute atomic E-state index is 0.108. The third-order valence-electron chi connectivity index (χ3n) is 2.76. The molecule has 0 aliphatic carbocycles. The highest BCUT2D eigenvalue weighted by atomic mass is 35.5. The van der Waals surface area contributed by atoms with Crippen molar-refractivity contribution in [2.24, 2.45) is 5.14 Å². The lowest BCUT2D eigenvalue weighted by Crippen LogP contribution is -2.39. The number of sulfonamides is 2. The second kappa shape index (κ2) is 4.60. The third-order valence-corrected chi connectivity index (χ3v) is 6.09. The van der Waals surface area contributed by atoms with E-state index in [2.05, 4.69) is 5.32 Å². The topological polar surface area (TPSA) is 110 Å². The number of nitrogens with one attached hydrogen (secondary N) is 1. The van der Waals surface area contributed by atoms with Gasteiger partial charge in [-0.2, -0.15) is 4.31 Å². The summed E-state index contributed by atoms with van der Waals surface area (Å²) in [7, 11) is -7.82. The lowest BCUT2D eigenvalue weighted by Gasteiger charge is -2.28. The van der Waals surface area contributed by atoms with Gasteiger partial charge in [0.2, 0.25) is 20.0 Å². The number of nitrogens with two attached hydrogens (primary N) is 1. The molecular weight excluding hydrogens is 314 g/mol. The van der Waals surface area contributed by atoms with Crippen molar-refractivity contribution in [3.8, 4) is 0 Å². The molecule has 1 heterocycles. The van der Waals surface area contributed by atoms with E-state index in [9.17, 15) is 16.8 Å². The summed E-state index contributed by atoms with van der Waals surface area (Å²) in [4.78, 5) is -0.551. The maximum atomic E-state index is 12.2. The molecule has 7 nitrogen and oxygen atoms in total. The van der Waals surface area contributed by atoms with E-state index in [-0.39, 0.29) is 28.8 Å². The van der Waals surface area contributed by atoms with Gasteiger partial charge in [-0.1, -0.05) is 18.5 Å². The van der Waals surface area contributed by atoms with Gasteiger partial charge in [0.25, 0.3) is 0 Å². The Morgan fingerprint density at radius 1 is 1.47 bits per heavy atom. The Hall–Kier alpha value is -0.870. The van der Waals surface area contributed by atoms with Gasteiger partial charge < -0.3 is 5.32 Å². The molecule has 0 saturated carbocycles. The van der Waals surface area contributed by atoms with Gasteiger partial charge in [-0.15, -0.1) is 0 Å². The summed E-state index contributed by atoms with van der Waals surface area (Å²) in [6.07, 6.45) is 0. The van der Waals surface area contributed by atoms with Crippen molar-refractivity contribution >= 4 is 37.3 Å². The molecule has 0 fully saturated rings. The maximum Gasteiger partial charge on any atom is 0.246 e. The van der Waals surface area contributed by atoms with E-state index in [4.69, 9.17) is 16.7 Å². The van der Waals surface area contributed by atoms with E-state index < -0.39 is 24.9 Å². The molecule has 1 aromatic rings. The van der Waals surface area contributed by atoms with Crippen LogP contribution in [0.4, 0.5) is 5.69 Å². The summed E-state index contributed by atoms with van der Waals surface area (Å²) in [5.74, 6) is 0. The van der Waals surface area contributed by atoms with Crippen molar-refractivity contribution in [3.63, 3.8) is 0 Å². The van der Waals surface area contributed by atoms with Gasteiger partial charge >= 0.3 is 0 Å². The quantitative estimate of drug-likeness (QED) is 0.817. The van der Waals surface area contributed by atoms with Gasteiger partial charge in [-0.05, 0) is 12.1 Å². The van der Waals surface area contributed by atoms with Gasteiger partial charge in [0.05, 0.1) is 17.4 Å². The predicted octanol–water partition coefficient (Wildman–Crippen LogP) is 0.381. The summed E-state index contributed by atoms with van der Waals surface area (Å²) < 4.78 is 48.4. The molecule has 1 aromatic carbocycles. The second-order valence-electron chi connectivity index (χ2n) is 3.93. The molecule has 106 valence electrons. The minimum Gasteiger partial charge on any atom is -0.370 e. The SMILES string of the molecule is CCN1CNc2cc(Cl)c(S(N)(=O)=O)cc2S1(=O)=O. The molecule has 0 spiro atoms. The molecule has 10 heteroatoms. The number of hydrogen-bond acceptors (Lipinski definition) is 5. The second-order valence-corrected chi connectivity index (χ2v) is 7.78. The third kappa shape index (κ3) is 2.43. The van der Waals surface area contributed by atoms with Gasteiger partial charge in [0.1, 0.15) is 9.79 Å². The normalized spacial score (nSPS) is 18.7. The number of nitrogens with zero attached hydrogens (tertiary/aromatic N) is 1. The number of benzene rings is 1. The number of fused-ring (bicyclic) bond motifs is 1. The zero-order chi connectivity index (χ0) is 14.4. The van der Waals surface area contributed by atoms with E-state index in [0.29, 0.717) is 0 Å². The Labute approximate surface area is 116 Å². The van der Waals surface area contributed by atoms with E-state index in [1.54, 1.807) is 6.92 Å². The van der Waals surface area contributed by atoms with Crippen molar-refractivity contribution in [1.82, 2.24) is 4.31 Å². The summed E-state index contributed by atoms with van der Waals surface area (Å²) in [5.41, 5.74) is 0.266. The van der Waals surface area contributed by atoms with Gasteiger partial charge in [-0.25, -0.2) is 22.0 Å². The van der Waals surface area contributed by atoms with Crippen LogP contribution < -0.4 is 10.5 Å². The summed E-state index contributed by atoms with van der Waals surface area (Å²) in [6.45, 7) is 2.06. The van der Waals surface area contributed by atoms with Crippen LogP contribution in [0.3, 0.4) is 0 Å². The number of primary sulfonamides is 1. The van der Waals surface area contributed by atoms with Crippen molar-refractivity contribution in [2.75, 3.05) is 18.5 Å². The molecule has 0 bridgehead atoms. The molecule has 0 radical (unpaired) electrons. The first-order valence-electron chi connectivity index (χ1n) is 5.28. The Morgan fingerprint density at radius 3 is 2.63 bits per heavy atom. The Kier molecular flexibility index (Phi) is 3.52. The first-order valence-corrected chi connectivity index (χ1v) is 8.64. The van der Waals surface area contributed by atoms with Crippen LogP contribution in [0.2, 0.25) is 5.02 Å². The zero-order valence-electron chi connectivity index (χ0n) is 9.92. The van der Waals surface area contributed by atoms with Crippen LogP contribution in [0.1, 0.15) is 6.92 Å². The zero-order valence-corrected chi connectivity index (χ0v) is 12.3. The number of hydrogen-bond donors (Lipinski definition) is 2. The maximum absolute atomic E-state index is 12.2. The lowest BCUT2D eigenvalue weighted by atomic mass is 10.3. The molecule has 3 N–H and O–H groups in total. The fraction of sp³-hybridized carbons (Fsp3) is 0.333. The van der Waals surface area contributed by atoms with Crippen LogP contribution in [0, 0.1) is 0 Å². The minimum atomic E-state index is -4.08. The molecule has 0 amide bonds. The largest absolute Gasteiger partial charge is 0.370 e. The van der Waals surface area contributed by atoms with Crippen LogP contribution in [-0.2, 0) is 20.0 Å². The Balaban J connectivity index is 2.74. The fourth-order valence-electron chi connectivity index (χ4n) is 1.78. The van der Waals surface area contributed by atoms with Gasteiger partial charge in [-0.3, -0.25) is 0 Å². The van der Waals surface area contributed by atoms with Crippen LogP contribution >= 0.6 is 11.6 Å². The van der Waals surface area contributed by atoms with E-state index in [0.717, 1.165) is 6.07 Å². The first-order chi connectivity index (χ1) is 8.67. The highest BCUT2D eigenvalue weighted by Gasteiger charge is 2.32. The van der Waals surface area contributed by atoms with E-state index in [1.165, 1.54) is 10.4 Å². The molecule has 0 unspecified atom stereocenters. The fourth-order valence-corrected chi connectivity index (χ4v) is 4.49. The molecule has 0 atom stereocenters. The number of anilines is 1. The number of halogens is 1.